The summed E-state index contributed by atoms with van der Waals surface area (Å²) in [5.74, 6) is 0. The molecule has 1 fully saturated rings. The number of amides is 1. The molecule has 4 heteroatoms. The predicted octanol–water partition coefficient (Wildman–Crippen LogP) is 3.73. The molecule has 0 saturated heterocycles. The molecule has 0 aromatic rings. The molecule has 1 rings (SSSR count). The van der Waals surface area contributed by atoms with Gasteiger partial charge in [0.15, 0.2) is 0 Å². The maximum atomic E-state index is 12.0. The second kappa shape index (κ2) is 6.57. The monoisotopic (exact) mass is 252 g/mol. The molecule has 0 heterocycles. The normalized spacial score (nSPS) is 16.1. The van der Waals surface area contributed by atoms with Crippen molar-refractivity contribution in [1.82, 2.24) is 5.01 Å². The number of hydrazone groups is 1. The zero-order chi connectivity index (χ0) is 13.6. The molecule has 0 atom stereocenters. The van der Waals surface area contributed by atoms with Gasteiger partial charge in [0.1, 0.15) is 5.60 Å². The van der Waals surface area contributed by atoms with Gasteiger partial charge in [-0.1, -0.05) is 12.5 Å². The lowest BCUT2D eigenvalue weighted by molar-refractivity contribution is 0.0275. The predicted molar refractivity (Wildman–Crippen MR) is 73.7 cm³/mol. The van der Waals surface area contributed by atoms with E-state index in [4.69, 9.17) is 4.74 Å². The summed E-state index contributed by atoms with van der Waals surface area (Å²) in [5, 5.41) is 5.79. The lowest BCUT2D eigenvalue weighted by Gasteiger charge is -2.25. The van der Waals surface area contributed by atoms with E-state index in [-0.39, 0.29) is 0 Å². The van der Waals surface area contributed by atoms with Gasteiger partial charge in [0.25, 0.3) is 0 Å². The van der Waals surface area contributed by atoms with Crippen LogP contribution in [0.5, 0.6) is 0 Å². The van der Waals surface area contributed by atoms with Crippen LogP contribution in [0.1, 0.15) is 52.9 Å². The van der Waals surface area contributed by atoms with Crippen molar-refractivity contribution in [1.29, 1.82) is 0 Å². The molecular formula is C14H24N2O2. The molecule has 1 saturated carbocycles. The number of rotatable bonds is 3. The van der Waals surface area contributed by atoms with Crippen molar-refractivity contribution in [3.8, 4) is 0 Å². The smallest absolute Gasteiger partial charge is 0.431 e. The average Bonchev–Trinajstić information content (AvgIpc) is 2.27. The summed E-state index contributed by atoms with van der Waals surface area (Å²) in [6.07, 6.45) is 6.81. The van der Waals surface area contributed by atoms with Crippen molar-refractivity contribution < 1.29 is 9.53 Å². The molecule has 0 aromatic heterocycles. The SMILES string of the molecule is C=CCN(N=C1CCCCC1)C(=O)OC(C)(C)C. The molecule has 0 N–H and O–H groups in total. The van der Waals surface area contributed by atoms with Gasteiger partial charge in [0.2, 0.25) is 0 Å². The molecule has 102 valence electrons. The van der Waals surface area contributed by atoms with Gasteiger partial charge in [-0.25, -0.2) is 4.79 Å². The molecule has 0 aliphatic heterocycles. The summed E-state index contributed by atoms with van der Waals surface area (Å²) in [5.41, 5.74) is 0.595. The van der Waals surface area contributed by atoms with Gasteiger partial charge in [0, 0.05) is 5.71 Å². The van der Waals surface area contributed by atoms with E-state index in [9.17, 15) is 4.79 Å². The van der Waals surface area contributed by atoms with Crippen molar-refractivity contribution in [2.45, 2.75) is 58.5 Å². The highest BCUT2D eigenvalue weighted by Gasteiger charge is 2.22. The first-order chi connectivity index (χ1) is 8.42. The summed E-state index contributed by atoms with van der Waals surface area (Å²) in [6, 6.07) is 0. The highest BCUT2D eigenvalue weighted by molar-refractivity contribution is 5.86. The van der Waals surface area contributed by atoms with Crippen LogP contribution in [0, 0.1) is 0 Å². The van der Waals surface area contributed by atoms with Crippen molar-refractivity contribution in [3.63, 3.8) is 0 Å². The van der Waals surface area contributed by atoms with E-state index < -0.39 is 11.7 Å². The average molecular weight is 252 g/mol. The van der Waals surface area contributed by atoms with Crippen LogP contribution in [0.3, 0.4) is 0 Å². The number of hydrogen-bond donors (Lipinski definition) is 0. The van der Waals surface area contributed by atoms with Crippen LogP contribution in [-0.4, -0.2) is 29.0 Å². The van der Waals surface area contributed by atoms with E-state index in [1.807, 2.05) is 20.8 Å². The Bertz CT molecular complexity index is 321. The molecule has 4 nitrogen and oxygen atoms in total. The van der Waals surface area contributed by atoms with Crippen LogP contribution in [0.25, 0.3) is 0 Å². The minimum absolute atomic E-state index is 0.387. The van der Waals surface area contributed by atoms with E-state index in [0.29, 0.717) is 6.54 Å². The third-order valence-corrected chi connectivity index (χ3v) is 2.60. The van der Waals surface area contributed by atoms with Gasteiger partial charge >= 0.3 is 6.09 Å². The largest absolute Gasteiger partial charge is 0.442 e. The standard InChI is InChI=1S/C14H24N2O2/c1-5-11-16(13(17)18-14(2,3)4)15-12-9-7-6-8-10-12/h5H,1,6-11H2,2-4H3. The fourth-order valence-corrected chi connectivity index (χ4v) is 1.82. The fourth-order valence-electron chi connectivity index (χ4n) is 1.82. The molecule has 0 aromatic carbocycles. The zero-order valence-corrected chi connectivity index (χ0v) is 11.7. The van der Waals surface area contributed by atoms with Gasteiger partial charge in [0.05, 0.1) is 6.54 Å². The lowest BCUT2D eigenvalue weighted by Crippen LogP contribution is -2.34. The quantitative estimate of drug-likeness (QED) is 0.567. The molecule has 1 amide bonds. The van der Waals surface area contributed by atoms with Crippen molar-refractivity contribution in [3.05, 3.63) is 12.7 Å². The van der Waals surface area contributed by atoms with Crippen LogP contribution in [0.2, 0.25) is 0 Å². The molecular weight excluding hydrogens is 228 g/mol. The van der Waals surface area contributed by atoms with Gasteiger partial charge in [-0.05, 0) is 46.5 Å². The number of ether oxygens (including phenoxy) is 1. The van der Waals surface area contributed by atoms with E-state index >= 15 is 0 Å². The number of carbonyl (C=O) groups is 1. The third-order valence-electron chi connectivity index (χ3n) is 2.60. The zero-order valence-electron chi connectivity index (χ0n) is 11.7. The van der Waals surface area contributed by atoms with Gasteiger partial charge in [-0.2, -0.15) is 10.1 Å². The van der Waals surface area contributed by atoms with E-state index in [0.717, 1.165) is 31.4 Å². The lowest BCUT2D eigenvalue weighted by atomic mass is 9.99. The van der Waals surface area contributed by atoms with Crippen molar-refractivity contribution >= 4 is 11.8 Å². The minimum atomic E-state index is -0.497. The Morgan fingerprint density at radius 1 is 1.39 bits per heavy atom. The van der Waals surface area contributed by atoms with Crippen LogP contribution < -0.4 is 0 Å². The Labute approximate surface area is 110 Å². The molecule has 0 spiro atoms. The van der Waals surface area contributed by atoms with Crippen LogP contribution in [0.4, 0.5) is 4.79 Å². The second-order valence-corrected chi connectivity index (χ2v) is 5.58. The minimum Gasteiger partial charge on any atom is -0.442 e. The maximum absolute atomic E-state index is 12.0. The summed E-state index contributed by atoms with van der Waals surface area (Å²) in [6.45, 7) is 9.60. The second-order valence-electron chi connectivity index (χ2n) is 5.58. The highest BCUT2D eigenvalue weighted by Crippen LogP contribution is 2.16. The summed E-state index contributed by atoms with van der Waals surface area (Å²) in [4.78, 5) is 12.0. The third kappa shape index (κ3) is 5.34. The van der Waals surface area contributed by atoms with Crippen molar-refractivity contribution in [2.75, 3.05) is 6.54 Å². The summed E-state index contributed by atoms with van der Waals surface area (Å²) < 4.78 is 5.33. The first-order valence-corrected chi connectivity index (χ1v) is 6.60. The topological polar surface area (TPSA) is 41.9 Å². The fraction of sp³-hybridized carbons (Fsp3) is 0.714. The van der Waals surface area contributed by atoms with Crippen molar-refractivity contribution in [2.24, 2.45) is 5.10 Å². The first kappa shape index (κ1) is 14.7. The Morgan fingerprint density at radius 3 is 2.50 bits per heavy atom. The highest BCUT2D eigenvalue weighted by atomic mass is 16.6. The molecule has 0 bridgehead atoms. The van der Waals surface area contributed by atoms with Gasteiger partial charge in [-0.3, -0.25) is 0 Å². The summed E-state index contributed by atoms with van der Waals surface area (Å²) in [7, 11) is 0. The van der Waals surface area contributed by atoms with E-state index in [1.165, 1.54) is 11.4 Å². The Kier molecular flexibility index (Phi) is 5.38. The molecule has 18 heavy (non-hydrogen) atoms. The molecule has 0 radical (unpaired) electrons. The summed E-state index contributed by atoms with van der Waals surface area (Å²) >= 11 is 0. The number of hydrogen-bond acceptors (Lipinski definition) is 3. The number of carbonyl (C=O) groups excluding carboxylic acids is 1. The Morgan fingerprint density at radius 2 is 2.00 bits per heavy atom. The first-order valence-electron chi connectivity index (χ1n) is 6.60. The van der Waals surface area contributed by atoms with Gasteiger partial charge < -0.3 is 4.74 Å². The van der Waals surface area contributed by atoms with E-state index in [1.54, 1.807) is 6.08 Å². The van der Waals surface area contributed by atoms with Crippen LogP contribution >= 0.6 is 0 Å². The molecule has 0 unspecified atom stereocenters. The van der Waals surface area contributed by atoms with Crippen LogP contribution in [0.15, 0.2) is 17.8 Å². The Balaban J connectivity index is 2.68. The number of nitrogens with zero attached hydrogens (tertiary/aromatic N) is 2. The van der Waals surface area contributed by atoms with Gasteiger partial charge in [-0.15, -0.1) is 6.58 Å². The van der Waals surface area contributed by atoms with E-state index in [2.05, 4.69) is 11.7 Å². The Hall–Kier alpha value is -1.32. The molecule has 1 aliphatic carbocycles. The van der Waals surface area contributed by atoms with Crippen LogP contribution in [-0.2, 0) is 4.74 Å². The maximum Gasteiger partial charge on any atom is 0.431 e. The molecule has 1 aliphatic rings.